The first-order valence-corrected chi connectivity index (χ1v) is 5.09. The van der Waals surface area contributed by atoms with Gasteiger partial charge in [0, 0.05) is 17.3 Å². The fourth-order valence-electron chi connectivity index (χ4n) is 1.43. The van der Waals surface area contributed by atoms with Crippen molar-refractivity contribution in [3.8, 4) is 11.1 Å². The number of aromatic nitrogens is 1. The standard InChI is InChI=1S/C12H9ClFNO/c13-12-10(7-16)4-9(6-15-12)8-2-1-3-11(14)5-8/h1-6,16H,7H2. The highest BCUT2D eigenvalue weighted by Gasteiger charge is 2.05. The predicted molar refractivity (Wildman–Crippen MR) is 60.6 cm³/mol. The highest BCUT2D eigenvalue weighted by Crippen LogP contribution is 2.23. The smallest absolute Gasteiger partial charge is 0.134 e. The van der Waals surface area contributed by atoms with Gasteiger partial charge in [0.05, 0.1) is 6.61 Å². The zero-order valence-corrected chi connectivity index (χ0v) is 9.08. The van der Waals surface area contributed by atoms with Crippen LogP contribution in [0.25, 0.3) is 11.1 Å². The van der Waals surface area contributed by atoms with Gasteiger partial charge in [0.25, 0.3) is 0 Å². The summed E-state index contributed by atoms with van der Waals surface area (Å²) in [5.74, 6) is -0.307. The van der Waals surface area contributed by atoms with Gasteiger partial charge in [-0.2, -0.15) is 0 Å². The van der Waals surface area contributed by atoms with Crippen molar-refractivity contribution in [2.24, 2.45) is 0 Å². The Hall–Kier alpha value is -1.45. The van der Waals surface area contributed by atoms with Crippen LogP contribution in [0.4, 0.5) is 4.39 Å². The molecule has 1 N–H and O–H groups in total. The molecule has 1 aromatic heterocycles. The van der Waals surface area contributed by atoms with Gasteiger partial charge >= 0.3 is 0 Å². The molecule has 0 atom stereocenters. The number of aliphatic hydroxyl groups is 1. The molecule has 0 aliphatic heterocycles. The van der Waals surface area contributed by atoms with Crippen LogP contribution in [-0.2, 0) is 6.61 Å². The molecule has 1 heterocycles. The van der Waals surface area contributed by atoms with Crippen molar-refractivity contribution in [1.82, 2.24) is 4.98 Å². The highest BCUT2D eigenvalue weighted by molar-refractivity contribution is 6.30. The number of pyridine rings is 1. The van der Waals surface area contributed by atoms with E-state index in [-0.39, 0.29) is 17.6 Å². The van der Waals surface area contributed by atoms with E-state index in [2.05, 4.69) is 4.98 Å². The second-order valence-corrected chi connectivity index (χ2v) is 3.70. The van der Waals surface area contributed by atoms with Crippen molar-refractivity contribution in [3.05, 3.63) is 53.1 Å². The summed E-state index contributed by atoms with van der Waals surface area (Å²) in [7, 11) is 0. The molecule has 0 fully saturated rings. The van der Waals surface area contributed by atoms with Crippen LogP contribution in [-0.4, -0.2) is 10.1 Å². The van der Waals surface area contributed by atoms with E-state index in [0.717, 1.165) is 5.56 Å². The van der Waals surface area contributed by atoms with Crippen LogP contribution in [0.15, 0.2) is 36.5 Å². The summed E-state index contributed by atoms with van der Waals surface area (Å²) < 4.78 is 13.0. The van der Waals surface area contributed by atoms with Gasteiger partial charge in [0.15, 0.2) is 0 Å². The van der Waals surface area contributed by atoms with Crippen LogP contribution in [0.3, 0.4) is 0 Å². The van der Waals surface area contributed by atoms with E-state index in [9.17, 15) is 4.39 Å². The molecule has 0 aliphatic rings. The lowest BCUT2D eigenvalue weighted by Crippen LogP contribution is -1.90. The number of benzene rings is 1. The third-order valence-electron chi connectivity index (χ3n) is 2.24. The second-order valence-electron chi connectivity index (χ2n) is 3.34. The molecule has 0 aliphatic carbocycles. The molecule has 0 saturated heterocycles. The van der Waals surface area contributed by atoms with Gasteiger partial charge in [0.2, 0.25) is 0 Å². The van der Waals surface area contributed by atoms with Crippen LogP contribution in [0.1, 0.15) is 5.56 Å². The molecule has 1 aromatic carbocycles. The van der Waals surface area contributed by atoms with Gasteiger partial charge in [-0.05, 0) is 23.8 Å². The molecular formula is C12H9ClFNO. The van der Waals surface area contributed by atoms with Gasteiger partial charge in [-0.1, -0.05) is 23.7 Å². The molecule has 82 valence electrons. The molecule has 2 nitrogen and oxygen atoms in total. The predicted octanol–water partition coefficient (Wildman–Crippen LogP) is 3.03. The number of hydrogen-bond acceptors (Lipinski definition) is 2. The summed E-state index contributed by atoms with van der Waals surface area (Å²) in [5.41, 5.74) is 1.97. The molecule has 0 spiro atoms. The van der Waals surface area contributed by atoms with Crippen molar-refractivity contribution >= 4 is 11.6 Å². The van der Waals surface area contributed by atoms with Crippen LogP contribution in [0.5, 0.6) is 0 Å². The number of nitrogens with zero attached hydrogens (tertiary/aromatic N) is 1. The lowest BCUT2D eigenvalue weighted by atomic mass is 10.1. The Bertz CT molecular complexity index is 516. The first kappa shape index (κ1) is 11.0. The van der Waals surface area contributed by atoms with Gasteiger partial charge in [-0.25, -0.2) is 9.37 Å². The Balaban J connectivity index is 2.48. The normalized spacial score (nSPS) is 10.4. The van der Waals surface area contributed by atoms with E-state index in [1.165, 1.54) is 12.1 Å². The summed E-state index contributed by atoms with van der Waals surface area (Å²) in [6, 6.07) is 7.88. The lowest BCUT2D eigenvalue weighted by Gasteiger charge is -2.05. The maximum absolute atomic E-state index is 13.0. The van der Waals surface area contributed by atoms with E-state index in [0.29, 0.717) is 11.1 Å². The number of hydrogen-bond donors (Lipinski definition) is 1. The van der Waals surface area contributed by atoms with Crippen molar-refractivity contribution in [1.29, 1.82) is 0 Å². The first-order chi connectivity index (χ1) is 7.70. The monoisotopic (exact) mass is 237 g/mol. The molecule has 0 amide bonds. The molecule has 0 saturated carbocycles. The maximum atomic E-state index is 13.0. The Labute approximate surface area is 97.3 Å². The molecule has 4 heteroatoms. The highest BCUT2D eigenvalue weighted by atomic mass is 35.5. The summed E-state index contributed by atoms with van der Waals surface area (Å²) >= 11 is 5.77. The lowest BCUT2D eigenvalue weighted by molar-refractivity contribution is 0.281. The summed E-state index contributed by atoms with van der Waals surface area (Å²) in [6.07, 6.45) is 1.55. The summed E-state index contributed by atoms with van der Waals surface area (Å²) in [4.78, 5) is 3.94. The van der Waals surface area contributed by atoms with Crippen LogP contribution in [0.2, 0.25) is 5.15 Å². The first-order valence-electron chi connectivity index (χ1n) is 4.72. The molecule has 0 unspecified atom stereocenters. The van der Waals surface area contributed by atoms with E-state index in [1.54, 1.807) is 24.4 Å². The van der Waals surface area contributed by atoms with Crippen molar-refractivity contribution < 1.29 is 9.50 Å². The van der Waals surface area contributed by atoms with Gasteiger partial charge < -0.3 is 5.11 Å². The molecule has 16 heavy (non-hydrogen) atoms. The molecule has 2 aromatic rings. The maximum Gasteiger partial charge on any atom is 0.134 e. The molecule has 0 radical (unpaired) electrons. The van der Waals surface area contributed by atoms with E-state index in [4.69, 9.17) is 16.7 Å². The van der Waals surface area contributed by atoms with Crippen molar-refractivity contribution in [2.45, 2.75) is 6.61 Å². The third kappa shape index (κ3) is 2.21. The number of aliphatic hydroxyl groups excluding tert-OH is 1. The van der Waals surface area contributed by atoms with Gasteiger partial charge in [-0.15, -0.1) is 0 Å². The SMILES string of the molecule is OCc1cc(-c2cccc(F)c2)cnc1Cl. The zero-order chi connectivity index (χ0) is 11.5. The van der Waals surface area contributed by atoms with Crippen LogP contribution < -0.4 is 0 Å². The minimum Gasteiger partial charge on any atom is -0.392 e. The van der Waals surface area contributed by atoms with E-state index < -0.39 is 0 Å². The van der Waals surface area contributed by atoms with Crippen molar-refractivity contribution in [3.63, 3.8) is 0 Å². The molecular weight excluding hydrogens is 229 g/mol. The minimum atomic E-state index is -0.307. The van der Waals surface area contributed by atoms with Crippen molar-refractivity contribution in [2.75, 3.05) is 0 Å². The molecule has 0 bridgehead atoms. The Kier molecular flexibility index (Phi) is 3.17. The Morgan fingerprint density at radius 1 is 1.25 bits per heavy atom. The number of halogens is 2. The van der Waals surface area contributed by atoms with Gasteiger partial charge in [-0.3, -0.25) is 0 Å². The van der Waals surface area contributed by atoms with Gasteiger partial charge in [0.1, 0.15) is 11.0 Å². The largest absolute Gasteiger partial charge is 0.392 e. The minimum absolute atomic E-state index is 0.186. The fraction of sp³-hybridized carbons (Fsp3) is 0.0833. The Morgan fingerprint density at radius 2 is 2.06 bits per heavy atom. The Morgan fingerprint density at radius 3 is 2.75 bits per heavy atom. The van der Waals surface area contributed by atoms with E-state index in [1.807, 2.05) is 0 Å². The fourth-order valence-corrected chi connectivity index (χ4v) is 1.59. The third-order valence-corrected chi connectivity index (χ3v) is 2.58. The van der Waals surface area contributed by atoms with E-state index >= 15 is 0 Å². The second kappa shape index (κ2) is 4.60. The zero-order valence-electron chi connectivity index (χ0n) is 8.32. The average Bonchev–Trinajstić information content (AvgIpc) is 2.29. The summed E-state index contributed by atoms with van der Waals surface area (Å²) in [6.45, 7) is -0.186. The number of rotatable bonds is 2. The quantitative estimate of drug-likeness (QED) is 0.815. The topological polar surface area (TPSA) is 33.1 Å². The molecule has 2 rings (SSSR count). The average molecular weight is 238 g/mol. The van der Waals surface area contributed by atoms with Crippen LogP contribution in [0, 0.1) is 5.82 Å². The van der Waals surface area contributed by atoms with Crippen LogP contribution >= 0.6 is 11.6 Å². The summed E-state index contributed by atoms with van der Waals surface area (Å²) in [5, 5.41) is 9.31.